The van der Waals surface area contributed by atoms with Gasteiger partial charge >= 0.3 is 0 Å². The Hall–Kier alpha value is -2.16. The standard InChI is InChI=1S/C10H11N5O/c11-6-8-10(14-4-3-12-8)15-5-1-2-13-9(16)7-15/h3-4H,1-2,5,7H2,(H,13,16). The minimum Gasteiger partial charge on any atom is -0.354 e. The van der Waals surface area contributed by atoms with Crippen LogP contribution in [-0.4, -0.2) is 35.5 Å². The van der Waals surface area contributed by atoms with Crippen LogP contribution < -0.4 is 10.2 Å². The van der Waals surface area contributed by atoms with Gasteiger partial charge in [-0.25, -0.2) is 9.97 Å². The lowest BCUT2D eigenvalue weighted by molar-refractivity contribution is -0.119. The number of rotatable bonds is 1. The Bertz CT molecular complexity index is 439. The third-order valence-electron chi connectivity index (χ3n) is 2.35. The van der Waals surface area contributed by atoms with Gasteiger partial charge in [0, 0.05) is 25.5 Å². The fourth-order valence-electron chi connectivity index (χ4n) is 1.63. The molecule has 1 saturated heterocycles. The Morgan fingerprint density at radius 2 is 2.25 bits per heavy atom. The molecule has 1 aromatic heterocycles. The van der Waals surface area contributed by atoms with Gasteiger partial charge in [0.05, 0.1) is 6.54 Å². The normalized spacial score (nSPS) is 16.2. The van der Waals surface area contributed by atoms with Crippen molar-refractivity contribution in [2.24, 2.45) is 0 Å². The molecule has 16 heavy (non-hydrogen) atoms. The van der Waals surface area contributed by atoms with E-state index in [1.807, 2.05) is 6.07 Å². The molecule has 1 N–H and O–H groups in total. The SMILES string of the molecule is N#Cc1nccnc1N1CCCNC(=O)C1. The summed E-state index contributed by atoms with van der Waals surface area (Å²) < 4.78 is 0. The molecule has 2 rings (SSSR count). The molecule has 6 heteroatoms. The summed E-state index contributed by atoms with van der Waals surface area (Å²) in [6.07, 6.45) is 3.84. The third kappa shape index (κ3) is 2.08. The third-order valence-corrected chi connectivity index (χ3v) is 2.35. The number of carbonyl (C=O) groups excluding carboxylic acids is 1. The van der Waals surface area contributed by atoms with Crippen molar-refractivity contribution in [3.8, 4) is 6.07 Å². The highest BCUT2D eigenvalue weighted by Gasteiger charge is 2.18. The lowest BCUT2D eigenvalue weighted by Gasteiger charge is -2.19. The summed E-state index contributed by atoms with van der Waals surface area (Å²) in [5.41, 5.74) is 0.261. The van der Waals surface area contributed by atoms with Gasteiger partial charge in [0.2, 0.25) is 5.91 Å². The molecule has 2 heterocycles. The Labute approximate surface area is 92.9 Å². The van der Waals surface area contributed by atoms with E-state index < -0.39 is 0 Å². The second kappa shape index (κ2) is 4.57. The van der Waals surface area contributed by atoms with Crippen molar-refractivity contribution in [3.63, 3.8) is 0 Å². The van der Waals surface area contributed by atoms with Crippen molar-refractivity contribution in [1.29, 1.82) is 5.26 Å². The van der Waals surface area contributed by atoms with Crippen LogP contribution in [-0.2, 0) is 4.79 Å². The minimum atomic E-state index is -0.0490. The molecule has 1 amide bonds. The van der Waals surface area contributed by atoms with Crippen molar-refractivity contribution in [2.45, 2.75) is 6.42 Å². The molecule has 1 fully saturated rings. The van der Waals surface area contributed by atoms with Gasteiger partial charge in [-0.1, -0.05) is 0 Å². The van der Waals surface area contributed by atoms with E-state index in [2.05, 4.69) is 15.3 Å². The highest BCUT2D eigenvalue weighted by Crippen LogP contribution is 2.14. The predicted octanol–water partition coefficient (Wildman–Crippen LogP) is -0.325. The topological polar surface area (TPSA) is 81.9 Å². The largest absolute Gasteiger partial charge is 0.354 e. The maximum absolute atomic E-state index is 11.4. The van der Waals surface area contributed by atoms with Crippen molar-refractivity contribution in [2.75, 3.05) is 24.5 Å². The highest BCUT2D eigenvalue weighted by atomic mass is 16.2. The lowest BCUT2D eigenvalue weighted by atomic mass is 10.3. The minimum absolute atomic E-state index is 0.0490. The number of aromatic nitrogens is 2. The number of carbonyl (C=O) groups is 1. The molecule has 0 aliphatic carbocycles. The van der Waals surface area contributed by atoms with Crippen LogP contribution >= 0.6 is 0 Å². The molecule has 0 radical (unpaired) electrons. The van der Waals surface area contributed by atoms with Crippen molar-refractivity contribution >= 4 is 11.7 Å². The average molecular weight is 217 g/mol. The van der Waals surface area contributed by atoms with E-state index in [1.165, 1.54) is 12.4 Å². The number of amides is 1. The zero-order chi connectivity index (χ0) is 11.4. The number of hydrogen-bond donors (Lipinski definition) is 1. The Kier molecular flexibility index (Phi) is 2.96. The maximum atomic E-state index is 11.4. The van der Waals surface area contributed by atoms with Gasteiger partial charge in [0.25, 0.3) is 0 Å². The molecule has 1 aliphatic rings. The summed E-state index contributed by atoms with van der Waals surface area (Å²) >= 11 is 0. The fraction of sp³-hybridized carbons (Fsp3) is 0.400. The van der Waals surface area contributed by atoms with E-state index in [9.17, 15) is 4.79 Å². The molecule has 0 aromatic carbocycles. The van der Waals surface area contributed by atoms with Crippen LogP contribution in [0.5, 0.6) is 0 Å². The number of hydrogen-bond acceptors (Lipinski definition) is 5. The van der Waals surface area contributed by atoms with Gasteiger partial charge in [-0.05, 0) is 6.42 Å². The van der Waals surface area contributed by atoms with Crippen LogP contribution in [0.1, 0.15) is 12.1 Å². The molecular formula is C10H11N5O. The Morgan fingerprint density at radius 1 is 1.44 bits per heavy atom. The first-order chi connectivity index (χ1) is 7.81. The van der Waals surface area contributed by atoms with Crippen LogP contribution in [0.15, 0.2) is 12.4 Å². The second-order valence-electron chi connectivity index (χ2n) is 3.47. The molecule has 0 bridgehead atoms. The first-order valence-electron chi connectivity index (χ1n) is 5.04. The van der Waals surface area contributed by atoms with Crippen LogP contribution in [0.25, 0.3) is 0 Å². The molecule has 1 aliphatic heterocycles. The second-order valence-corrected chi connectivity index (χ2v) is 3.47. The van der Waals surface area contributed by atoms with Crippen LogP contribution in [0.3, 0.4) is 0 Å². The van der Waals surface area contributed by atoms with E-state index in [4.69, 9.17) is 5.26 Å². The summed E-state index contributed by atoms with van der Waals surface area (Å²) in [4.78, 5) is 21.2. The van der Waals surface area contributed by atoms with Gasteiger partial charge < -0.3 is 10.2 Å². The molecular weight excluding hydrogens is 206 g/mol. The molecule has 0 saturated carbocycles. The summed E-state index contributed by atoms with van der Waals surface area (Å²) in [6, 6.07) is 1.98. The lowest BCUT2D eigenvalue weighted by Crippen LogP contribution is -2.34. The molecule has 82 valence electrons. The monoisotopic (exact) mass is 217 g/mol. The summed E-state index contributed by atoms with van der Waals surface area (Å²) in [7, 11) is 0. The summed E-state index contributed by atoms with van der Waals surface area (Å²) in [5, 5.41) is 11.7. The van der Waals surface area contributed by atoms with E-state index >= 15 is 0 Å². The molecule has 0 atom stereocenters. The fourth-order valence-corrected chi connectivity index (χ4v) is 1.63. The number of nitriles is 1. The summed E-state index contributed by atoms with van der Waals surface area (Å²) in [6.45, 7) is 1.59. The highest BCUT2D eigenvalue weighted by molar-refractivity contribution is 5.81. The molecule has 1 aromatic rings. The van der Waals surface area contributed by atoms with Crippen molar-refractivity contribution in [1.82, 2.24) is 15.3 Å². The zero-order valence-corrected chi connectivity index (χ0v) is 8.68. The van der Waals surface area contributed by atoms with Crippen LogP contribution in [0, 0.1) is 11.3 Å². The van der Waals surface area contributed by atoms with Crippen molar-refractivity contribution < 1.29 is 4.79 Å². The Balaban J connectivity index is 2.28. The average Bonchev–Trinajstić information content (AvgIpc) is 2.54. The van der Waals surface area contributed by atoms with Crippen LogP contribution in [0.2, 0.25) is 0 Å². The van der Waals surface area contributed by atoms with Gasteiger partial charge in [-0.2, -0.15) is 5.26 Å². The van der Waals surface area contributed by atoms with Gasteiger partial charge in [0.1, 0.15) is 6.07 Å². The first kappa shape index (κ1) is 10.4. The van der Waals surface area contributed by atoms with Gasteiger partial charge in [-0.15, -0.1) is 0 Å². The number of anilines is 1. The first-order valence-corrected chi connectivity index (χ1v) is 5.04. The van der Waals surface area contributed by atoms with E-state index in [0.29, 0.717) is 18.9 Å². The number of nitrogens with zero attached hydrogens (tertiary/aromatic N) is 4. The number of nitrogens with one attached hydrogen (secondary N) is 1. The maximum Gasteiger partial charge on any atom is 0.239 e. The van der Waals surface area contributed by atoms with Gasteiger partial charge in [0.15, 0.2) is 11.5 Å². The van der Waals surface area contributed by atoms with E-state index in [1.54, 1.807) is 4.90 Å². The van der Waals surface area contributed by atoms with Crippen molar-refractivity contribution in [3.05, 3.63) is 18.1 Å². The molecule has 0 unspecified atom stereocenters. The van der Waals surface area contributed by atoms with Gasteiger partial charge in [-0.3, -0.25) is 4.79 Å². The molecule has 6 nitrogen and oxygen atoms in total. The zero-order valence-electron chi connectivity index (χ0n) is 8.68. The van der Waals surface area contributed by atoms with E-state index in [-0.39, 0.29) is 18.1 Å². The summed E-state index contributed by atoms with van der Waals surface area (Å²) in [5.74, 6) is 0.439. The van der Waals surface area contributed by atoms with Crippen LogP contribution in [0.4, 0.5) is 5.82 Å². The smallest absolute Gasteiger partial charge is 0.239 e. The van der Waals surface area contributed by atoms with E-state index in [0.717, 1.165) is 6.42 Å². The molecule has 0 spiro atoms. The Morgan fingerprint density at radius 3 is 3.06 bits per heavy atom. The predicted molar refractivity (Wildman–Crippen MR) is 56.6 cm³/mol. The quantitative estimate of drug-likeness (QED) is 0.696.